The van der Waals surface area contributed by atoms with Gasteiger partial charge in [0.05, 0.1) is 0 Å². The van der Waals surface area contributed by atoms with E-state index in [1.165, 1.54) is 0 Å². The molecule has 3 rings (SSSR count). The molecule has 1 aromatic rings. The van der Waals surface area contributed by atoms with Crippen molar-refractivity contribution in [1.82, 2.24) is 0 Å². The van der Waals surface area contributed by atoms with E-state index in [2.05, 4.69) is 12.2 Å². The fourth-order valence-corrected chi connectivity index (χ4v) is 2.43. The highest BCUT2D eigenvalue weighted by Gasteiger charge is 2.16. The van der Waals surface area contributed by atoms with Crippen LogP contribution in [0.4, 0.5) is 0 Å². The summed E-state index contributed by atoms with van der Waals surface area (Å²) in [4.78, 5) is 11.5. The highest BCUT2D eigenvalue weighted by molar-refractivity contribution is 6.00. The predicted molar refractivity (Wildman–Crippen MR) is 72.0 cm³/mol. The number of rotatable bonds is 0. The monoisotopic (exact) mass is 238 g/mol. The third kappa shape index (κ3) is 1.80. The Morgan fingerprint density at radius 1 is 0.889 bits per heavy atom. The smallest absolute Gasteiger partial charge is 0.178 e. The van der Waals surface area contributed by atoms with Crippen molar-refractivity contribution in [2.75, 3.05) is 0 Å². The first-order valence-corrected chi connectivity index (χ1v) is 6.05. The van der Waals surface area contributed by atoms with Crippen molar-refractivity contribution in [2.45, 2.75) is 20.3 Å². The second kappa shape index (κ2) is 3.98. The molecular weight excluding hydrogens is 224 g/mol. The first-order chi connectivity index (χ1) is 8.63. The van der Waals surface area contributed by atoms with Gasteiger partial charge < -0.3 is 4.42 Å². The molecular formula is C16H14O2. The van der Waals surface area contributed by atoms with Crippen LogP contribution in [0.2, 0.25) is 0 Å². The molecule has 1 heterocycles. The summed E-state index contributed by atoms with van der Waals surface area (Å²) < 4.78 is 5.68. The zero-order valence-electron chi connectivity index (χ0n) is 10.5. The van der Waals surface area contributed by atoms with E-state index in [-0.39, 0.29) is 5.78 Å². The van der Waals surface area contributed by atoms with Crippen molar-refractivity contribution in [3.63, 3.8) is 0 Å². The van der Waals surface area contributed by atoms with Gasteiger partial charge >= 0.3 is 0 Å². The fraction of sp³-hybridized carbons (Fsp3) is 0.188. The highest BCUT2D eigenvalue weighted by atomic mass is 16.3. The third-order valence-corrected chi connectivity index (χ3v) is 3.35. The number of aryl methyl sites for hydroxylation is 2. The van der Waals surface area contributed by atoms with Crippen LogP contribution in [0.5, 0.6) is 0 Å². The molecule has 2 nitrogen and oxygen atoms in total. The molecule has 2 heteroatoms. The van der Waals surface area contributed by atoms with Gasteiger partial charge in [0.2, 0.25) is 0 Å². The summed E-state index contributed by atoms with van der Waals surface area (Å²) >= 11 is 0. The van der Waals surface area contributed by atoms with Gasteiger partial charge in [-0.05, 0) is 55.7 Å². The number of furan rings is 1. The minimum absolute atomic E-state index is 0.0335. The van der Waals surface area contributed by atoms with Crippen LogP contribution in [0.25, 0.3) is 12.2 Å². The maximum atomic E-state index is 11.5. The van der Waals surface area contributed by atoms with Gasteiger partial charge in [-0.15, -0.1) is 0 Å². The molecule has 0 amide bonds. The van der Waals surface area contributed by atoms with Gasteiger partial charge in [0.25, 0.3) is 0 Å². The molecule has 0 N–H and O–H groups in total. The molecule has 1 aromatic heterocycles. The van der Waals surface area contributed by atoms with Gasteiger partial charge in [0.15, 0.2) is 5.78 Å². The number of allylic oxidation sites excluding steroid dienone is 6. The number of carbonyl (C=O) groups is 1. The number of fused-ring (bicyclic) bond motifs is 3. The van der Waals surface area contributed by atoms with Crippen molar-refractivity contribution >= 4 is 17.9 Å². The Morgan fingerprint density at radius 3 is 1.89 bits per heavy atom. The van der Waals surface area contributed by atoms with Crippen molar-refractivity contribution in [3.8, 4) is 0 Å². The molecule has 2 bridgehead atoms. The van der Waals surface area contributed by atoms with Crippen LogP contribution in [0.3, 0.4) is 0 Å². The van der Waals surface area contributed by atoms with E-state index in [0.29, 0.717) is 0 Å². The zero-order valence-corrected chi connectivity index (χ0v) is 10.5. The Hall–Kier alpha value is -2.09. The molecule has 0 aliphatic heterocycles. The van der Waals surface area contributed by atoms with E-state index in [4.69, 9.17) is 4.42 Å². The van der Waals surface area contributed by atoms with Crippen molar-refractivity contribution < 1.29 is 9.21 Å². The SMILES string of the molecule is Cc1oc(C)c2c1C=C1C=CC(=O)C=CC(=C2)C1. The van der Waals surface area contributed by atoms with E-state index in [0.717, 1.165) is 40.2 Å². The Labute approximate surface area is 106 Å². The lowest BCUT2D eigenvalue weighted by atomic mass is 10.0. The molecule has 0 atom stereocenters. The molecule has 18 heavy (non-hydrogen) atoms. The molecule has 90 valence electrons. The molecule has 0 fully saturated rings. The quantitative estimate of drug-likeness (QED) is 0.688. The average molecular weight is 238 g/mol. The van der Waals surface area contributed by atoms with Crippen LogP contribution in [0.1, 0.15) is 29.1 Å². The Bertz CT molecular complexity index is 596. The number of hydrogen-bond acceptors (Lipinski definition) is 2. The second-order valence-electron chi connectivity index (χ2n) is 4.73. The fourth-order valence-electron chi connectivity index (χ4n) is 2.43. The lowest BCUT2D eigenvalue weighted by Gasteiger charge is -2.04. The van der Waals surface area contributed by atoms with Crippen LogP contribution in [0.15, 0.2) is 39.9 Å². The first-order valence-electron chi connectivity index (χ1n) is 6.05. The van der Waals surface area contributed by atoms with Gasteiger partial charge in [-0.25, -0.2) is 0 Å². The normalized spacial score (nSPS) is 17.6. The van der Waals surface area contributed by atoms with Crippen LogP contribution in [-0.4, -0.2) is 5.78 Å². The van der Waals surface area contributed by atoms with Gasteiger partial charge in [-0.3, -0.25) is 4.79 Å². The maximum absolute atomic E-state index is 11.5. The van der Waals surface area contributed by atoms with Crippen LogP contribution in [-0.2, 0) is 4.79 Å². The number of carbonyl (C=O) groups excluding carboxylic acids is 1. The Balaban J connectivity index is 2.26. The topological polar surface area (TPSA) is 30.2 Å². The van der Waals surface area contributed by atoms with E-state index >= 15 is 0 Å². The minimum Gasteiger partial charge on any atom is -0.465 e. The van der Waals surface area contributed by atoms with Crippen molar-refractivity contribution in [3.05, 3.63) is 58.1 Å². The second-order valence-corrected chi connectivity index (χ2v) is 4.73. The van der Waals surface area contributed by atoms with E-state index < -0.39 is 0 Å². The summed E-state index contributed by atoms with van der Waals surface area (Å²) in [6.45, 7) is 3.95. The van der Waals surface area contributed by atoms with Gasteiger partial charge in [-0.2, -0.15) is 0 Å². The standard InChI is InChI=1S/C16H14O2/c1-10-15-8-12-3-5-14(17)6-4-13(7-12)9-16(15)11(2)18-10/h3-6,8-9H,7H2,1-2H3. The van der Waals surface area contributed by atoms with Gasteiger partial charge in [0.1, 0.15) is 11.5 Å². The predicted octanol–water partition coefficient (Wildman–Crippen LogP) is 3.76. The van der Waals surface area contributed by atoms with E-state index in [1.807, 2.05) is 26.0 Å². The molecule has 0 saturated carbocycles. The van der Waals surface area contributed by atoms with E-state index in [9.17, 15) is 4.79 Å². The molecule has 0 aromatic carbocycles. The lowest BCUT2D eigenvalue weighted by Crippen LogP contribution is -1.92. The minimum atomic E-state index is 0.0335. The zero-order chi connectivity index (χ0) is 12.7. The summed E-state index contributed by atoms with van der Waals surface area (Å²) in [5.74, 6) is 1.90. The van der Waals surface area contributed by atoms with E-state index in [1.54, 1.807) is 12.2 Å². The maximum Gasteiger partial charge on any atom is 0.178 e. The third-order valence-electron chi connectivity index (χ3n) is 3.35. The molecule has 0 unspecified atom stereocenters. The molecule has 2 aliphatic rings. The summed E-state index contributed by atoms with van der Waals surface area (Å²) in [6, 6.07) is 0. The largest absolute Gasteiger partial charge is 0.465 e. The van der Waals surface area contributed by atoms with Gasteiger partial charge in [0, 0.05) is 11.1 Å². The number of hydrogen-bond donors (Lipinski definition) is 0. The summed E-state index contributed by atoms with van der Waals surface area (Å²) in [5, 5.41) is 0. The summed E-state index contributed by atoms with van der Waals surface area (Å²) in [7, 11) is 0. The Kier molecular flexibility index (Phi) is 2.44. The summed E-state index contributed by atoms with van der Waals surface area (Å²) in [6.07, 6.45) is 12.1. The molecule has 0 saturated heterocycles. The van der Waals surface area contributed by atoms with Crippen LogP contribution < -0.4 is 0 Å². The molecule has 0 radical (unpaired) electrons. The lowest BCUT2D eigenvalue weighted by molar-refractivity contribution is -0.110. The average Bonchev–Trinajstić information content (AvgIpc) is 2.54. The van der Waals surface area contributed by atoms with Crippen molar-refractivity contribution in [1.29, 1.82) is 0 Å². The summed E-state index contributed by atoms with van der Waals surface area (Å²) in [5.41, 5.74) is 4.54. The van der Waals surface area contributed by atoms with Crippen molar-refractivity contribution in [2.24, 2.45) is 0 Å². The van der Waals surface area contributed by atoms with Crippen LogP contribution in [0, 0.1) is 13.8 Å². The molecule has 0 spiro atoms. The highest BCUT2D eigenvalue weighted by Crippen LogP contribution is 2.33. The molecule has 2 aliphatic carbocycles. The Morgan fingerprint density at radius 2 is 1.39 bits per heavy atom. The first kappa shape index (κ1) is 11.0. The van der Waals surface area contributed by atoms with Gasteiger partial charge in [-0.1, -0.05) is 12.2 Å². The number of ketones is 1. The van der Waals surface area contributed by atoms with Crippen LogP contribution >= 0.6 is 0 Å².